The lowest BCUT2D eigenvalue weighted by atomic mass is 10.1. The molecule has 0 amide bonds. The molecule has 0 atom stereocenters. The predicted octanol–water partition coefficient (Wildman–Crippen LogP) is 1.96. The lowest BCUT2D eigenvalue weighted by molar-refractivity contribution is 0.349. The fourth-order valence-corrected chi connectivity index (χ4v) is 3.92. The number of benzene rings is 1. The number of nitrogen functional groups attached to an aromatic ring is 1. The van der Waals surface area contributed by atoms with Gasteiger partial charge in [-0.25, -0.2) is 0 Å². The van der Waals surface area contributed by atoms with E-state index in [2.05, 4.69) is 9.71 Å². The highest BCUT2D eigenvalue weighted by Gasteiger charge is 2.24. The third-order valence-corrected chi connectivity index (χ3v) is 5.22. The molecule has 112 valence electrons. The Morgan fingerprint density at radius 3 is 2.67 bits per heavy atom. The molecule has 7 heteroatoms. The van der Waals surface area contributed by atoms with Crippen LogP contribution in [-0.2, 0) is 10.2 Å². The van der Waals surface area contributed by atoms with E-state index in [-0.39, 0.29) is 0 Å². The van der Waals surface area contributed by atoms with E-state index >= 15 is 0 Å². The Balaban J connectivity index is 1.96. The van der Waals surface area contributed by atoms with Crippen LogP contribution in [0.3, 0.4) is 0 Å². The van der Waals surface area contributed by atoms with Gasteiger partial charge in [0.15, 0.2) is 0 Å². The largest absolute Gasteiger partial charge is 0.397 e. The summed E-state index contributed by atoms with van der Waals surface area (Å²) < 4.78 is 29.0. The van der Waals surface area contributed by atoms with Crippen molar-refractivity contribution < 1.29 is 8.42 Å². The lowest BCUT2D eigenvalue weighted by Crippen LogP contribution is -2.39. The van der Waals surface area contributed by atoms with Gasteiger partial charge in [0, 0.05) is 24.7 Å². The summed E-state index contributed by atoms with van der Waals surface area (Å²) in [6.45, 7) is 1.14. The van der Waals surface area contributed by atoms with Gasteiger partial charge in [-0.15, -0.1) is 0 Å². The maximum atomic E-state index is 12.4. The van der Waals surface area contributed by atoms with E-state index in [9.17, 15) is 8.42 Å². The molecule has 1 saturated heterocycles. The quantitative estimate of drug-likeness (QED) is 0.848. The molecular weight excluding hydrogens is 288 g/mol. The first-order chi connectivity index (χ1) is 10.1. The van der Waals surface area contributed by atoms with Gasteiger partial charge in [0.05, 0.1) is 16.9 Å². The normalized spacial score (nSPS) is 17.0. The number of hydrogen-bond acceptors (Lipinski definition) is 4. The zero-order valence-electron chi connectivity index (χ0n) is 11.6. The number of hydrogen-bond donors (Lipinski definition) is 2. The summed E-state index contributed by atoms with van der Waals surface area (Å²) in [7, 11) is -3.53. The van der Waals surface area contributed by atoms with Gasteiger partial charge in [-0.1, -0.05) is 6.42 Å². The first-order valence-corrected chi connectivity index (χ1v) is 8.43. The van der Waals surface area contributed by atoms with Gasteiger partial charge in [-0.05, 0) is 37.1 Å². The summed E-state index contributed by atoms with van der Waals surface area (Å²) in [4.78, 5) is 4.21. The van der Waals surface area contributed by atoms with Gasteiger partial charge in [-0.2, -0.15) is 12.7 Å². The van der Waals surface area contributed by atoms with E-state index in [1.807, 2.05) is 6.07 Å². The molecule has 1 aliphatic heterocycles. The van der Waals surface area contributed by atoms with Crippen LogP contribution in [0.4, 0.5) is 11.4 Å². The molecule has 21 heavy (non-hydrogen) atoms. The number of rotatable bonds is 3. The van der Waals surface area contributed by atoms with Gasteiger partial charge >= 0.3 is 10.2 Å². The fourth-order valence-electron chi connectivity index (χ4n) is 2.59. The lowest BCUT2D eigenvalue weighted by Gasteiger charge is -2.26. The Morgan fingerprint density at radius 1 is 1.14 bits per heavy atom. The van der Waals surface area contributed by atoms with Crippen LogP contribution in [0.2, 0.25) is 0 Å². The minimum atomic E-state index is -3.53. The summed E-state index contributed by atoms with van der Waals surface area (Å²) in [6, 6.07) is 6.93. The van der Waals surface area contributed by atoms with Crippen LogP contribution in [0.5, 0.6) is 0 Å². The molecule has 0 unspecified atom stereocenters. The smallest absolute Gasteiger partial charge is 0.301 e. The molecule has 2 aromatic rings. The molecule has 1 fully saturated rings. The van der Waals surface area contributed by atoms with Crippen molar-refractivity contribution in [2.45, 2.75) is 19.3 Å². The van der Waals surface area contributed by atoms with Crippen molar-refractivity contribution in [2.75, 3.05) is 23.5 Å². The molecule has 0 bridgehead atoms. The van der Waals surface area contributed by atoms with Gasteiger partial charge in [-0.3, -0.25) is 9.71 Å². The van der Waals surface area contributed by atoms with Gasteiger partial charge in [0.25, 0.3) is 0 Å². The van der Waals surface area contributed by atoms with E-state index < -0.39 is 10.2 Å². The molecule has 1 aromatic heterocycles. The van der Waals surface area contributed by atoms with E-state index in [1.54, 1.807) is 24.4 Å². The van der Waals surface area contributed by atoms with Crippen molar-refractivity contribution in [2.24, 2.45) is 0 Å². The summed E-state index contributed by atoms with van der Waals surface area (Å²) in [5.41, 5.74) is 7.53. The van der Waals surface area contributed by atoms with E-state index in [0.717, 1.165) is 19.3 Å². The van der Waals surface area contributed by atoms with Crippen LogP contribution in [0.1, 0.15) is 19.3 Å². The molecular formula is C14H18N4O2S. The topological polar surface area (TPSA) is 88.3 Å². The Kier molecular flexibility index (Phi) is 3.69. The number of anilines is 2. The van der Waals surface area contributed by atoms with Crippen LogP contribution in [0.15, 0.2) is 30.5 Å². The van der Waals surface area contributed by atoms with Crippen molar-refractivity contribution >= 4 is 32.5 Å². The third kappa shape index (κ3) is 2.79. The molecule has 0 radical (unpaired) electrons. The molecule has 0 aliphatic carbocycles. The predicted molar refractivity (Wildman–Crippen MR) is 84.1 cm³/mol. The second kappa shape index (κ2) is 5.50. The zero-order chi connectivity index (χ0) is 14.9. The number of nitrogens with zero attached hydrogens (tertiary/aromatic N) is 2. The summed E-state index contributed by atoms with van der Waals surface area (Å²) in [6.07, 6.45) is 4.54. The molecule has 0 saturated carbocycles. The minimum absolute atomic E-state index is 0.512. The molecule has 6 nitrogen and oxygen atoms in total. The van der Waals surface area contributed by atoms with Gasteiger partial charge in [0.1, 0.15) is 0 Å². The Bertz CT molecular complexity index is 755. The fraction of sp³-hybridized carbons (Fsp3) is 0.357. The number of piperidine rings is 1. The van der Waals surface area contributed by atoms with E-state index in [1.165, 1.54) is 4.31 Å². The molecule has 1 aliphatic rings. The van der Waals surface area contributed by atoms with E-state index in [0.29, 0.717) is 35.4 Å². The molecule has 1 aromatic carbocycles. The van der Waals surface area contributed by atoms with Crippen molar-refractivity contribution in [1.82, 2.24) is 9.29 Å². The first-order valence-electron chi connectivity index (χ1n) is 6.99. The average molecular weight is 306 g/mol. The Hall–Kier alpha value is -1.86. The number of fused-ring (bicyclic) bond motifs is 1. The SMILES string of the molecule is Nc1ccc(NS(=O)(=O)N2CCCCC2)c2cccnc12. The summed E-state index contributed by atoms with van der Waals surface area (Å²) >= 11 is 0. The average Bonchev–Trinajstić information content (AvgIpc) is 2.51. The summed E-state index contributed by atoms with van der Waals surface area (Å²) in [5.74, 6) is 0. The van der Waals surface area contributed by atoms with Crippen LogP contribution >= 0.6 is 0 Å². The summed E-state index contributed by atoms with van der Waals surface area (Å²) in [5, 5.41) is 0.707. The third-order valence-electron chi connectivity index (χ3n) is 3.69. The highest BCUT2D eigenvalue weighted by atomic mass is 32.2. The van der Waals surface area contributed by atoms with E-state index in [4.69, 9.17) is 5.73 Å². The number of nitrogens with two attached hydrogens (primary N) is 1. The number of aromatic nitrogens is 1. The second-order valence-corrected chi connectivity index (χ2v) is 6.84. The number of nitrogens with one attached hydrogen (secondary N) is 1. The Labute approximate surface area is 124 Å². The zero-order valence-corrected chi connectivity index (χ0v) is 12.4. The van der Waals surface area contributed by atoms with Crippen molar-refractivity contribution in [3.8, 4) is 0 Å². The van der Waals surface area contributed by atoms with Crippen molar-refractivity contribution in [3.63, 3.8) is 0 Å². The molecule has 2 heterocycles. The maximum Gasteiger partial charge on any atom is 0.301 e. The number of pyridine rings is 1. The molecule has 3 rings (SSSR count). The minimum Gasteiger partial charge on any atom is -0.397 e. The highest BCUT2D eigenvalue weighted by molar-refractivity contribution is 7.90. The maximum absolute atomic E-state index is 12.4. The second-order valence-electron chi connectivity index (χ2n) is 5.17. The first kappa shape index (κ1) is 14.1. The van der Waals surface area contributed by atoms with Crippen LogP contribution in [-0.4, -0.2) is 30.8 Å². The Morgan fingerprint density at radius 2 is 1.90 bits per heavy atom. The standard InChI is InChI=1S/C14H18N4O2S/c15-12-6-7-13(11-5-4-8-16-14(11)12)17-21(19,20)18-9-2-1-3-10-18/h4-8,17H,1-3,9-10,15H2. The van der Waals surface area contributed by atoms with Gasteiger partial charge in [0.2, 0.25) is 0 Å². The van der Waals surface area contributed by atoms with Crippen LogP contribution < -0.4 is 10.5 Å². The molecule has 0 spiro atoms. The van der Waals surface area contributed by atoms with Crippen molar-refractivity contribution in [3.05, 3.63) is 30.5 Å². The van der Waals surface area contributed by atoms with Gasteiger partial charge < -0.3 is 5.73 Å². The van der Waals surface area contributed by atoms with Crippen molar-refractivity contribution in [1.29, 1.82) is 0 Å². The highest BCUT2D eigenvalue weighted by Crippen LogP contribution is 2.28. The van der Waals surface area contributed by atoms with Crippen LogP contribution in [0.25, 0.3) is 10.9 Å². The van der Waals surface area contributed by atoms with Crippen LogP contribution in [0, 0.1) is 0 Å². The molecule has 3 N–H and O–H groups in total. The monoisotopic (exact) mass is 306 g/mol.